The van der Waals surface area contributed by atoms with Crippen LogP contribution in [0.25, 0.3) is 0 Å². The molecule has 0 aromatic carbocycles. The van der Waals surface area contributed by atoms with Gasteiger partial charge in [0.2, 0.25) is 0 Å². The van der Waals surface area contributed by atoms with Gasteiger partial charge in [0.25, 0.3) is 0 Å². The van der Waals surface area contributed by atoms with Crippen molar-refractivity contribution in [1.29, 1.82) is 0 Å². The van der Waals surface area contributed by atoms with Crippen LogP contribution in [0, 0.1) is 0 Å². The molecular formula is C11H18N2OS. The predicted molar refractivity (Wildman–Crippen MR) is 63.4 cm³/mol. The van der Waals surface area contributed by atoms with E-state index >= 15 is 0 Å². The summed E-state index contributed by atoms with van der Waals surface area (Å²) in [6, 6.07) is 2.60. The normalized spacial score (nSPS) is 28.1. The Balaban J connectivity index is 2.15. The summed E-state index contributed by atoms with van der Waals surface area (Å²) >= 11 is 1.75. The van der Waals surface area contributed by atoms with Gasteiger partial charge in [-0.05, 0) is 36.5 Å². The maximum atomic E-state index is 5.83. The van der Waals surface area contributed by atoms with Crippen LogP contribution in [-0.4, -0.2) is 44.8 Å². The second-order valence-electron chi connectivity index (χ2n) is 3.95. The van der Waals surface area contributed by atoms with Crippen molar-refractivity contribution >= 4 is 11.3 Å². The molecule has 15 heavy (non-hydrogen) atoms. The van der Waals surface area contributed by atoms with E-state index in [-0.39, 0.29) is 6.10 Å². The fourth-order valence-electron chi connectivity index (χ4n) is 2.15. The van der Waals surface area contributed by atoms with Crippen LogP contribution in [0.4, 0.5) is 0 Å². The number of rotatable bonds is 3. The minimum absolute atomic E-state index is 0.267. The summed E-state index contributed by atoms with van der Waals surface area (Å²) in [6.45, 7) is 2.76. The molecule has 1 aliphatic heterocycles. The Labute approximate surface area is 95.0 Å². The number of morpholine rings is 1. The molecule has 2 rings (SSSR count). The van der Waals surface area contributed by atoms with E-state index < -0.39 is 0 Å². The lowest BCUT2D eigenvalue weighted by Gasteiger charge is -2.38. The third-order valence-corrected chi connectivity index (χ3v) is 3.59. The van der Waals surface area contributed by atoms with Crippen LogP contribution < -0.4 is 5.32 Å². The van der Waals surface area contributed by atoms with Crippen LogP contribution in [0.15, 0.2) is 16.8 Å². The Hall–Kier alpha value is -0.420. The predicted octanol–water partition coefficient (Wildman–Crippen LogP) is 1.34. The van der Waals surface area contributed by atoms with E-state index in [0.29, 0.717) is 6.04 Å². The molecule has 0 aliphatic carbocycles. The first-order chi connectivity index (χ1) is 7.33. The highest BCUT2D eigenvalue weighted by Crippen LogP contribution is 2.29. The topological polar surface area (TPSA) is 24.5 Å². The molecule has 1 aromatic rings. The molecule has 0 saturated carbocycles. The number of ether oxygens (including phenoxy) is 1. The largest absolute Gasteiger partial charge is 0.374 e. The highest BCUT2D eigenvalue weighted by atomic mass is 32.1. The SMILES string of the molecule is CNCC1OCCN(C)C1c1ccsc1. The molecule has 3 nitrogen and oxygen atoms in total. The third-order valence-electron chi connectivity index (χ3n) is 2.89. The minimum Gasteiger partial charge on any atom is -0.374 e. The standard InChI is InChI=1S/C11H18N2OS/c1-12-7-10-11(9-3-6-15-8-9)13(2)4-5-14-10/h3,6,8,10-12H,4-5,7H2,1-2H3. The summed E-state index contributed by atoms with van der Waals surface area (Å²) in [5.74, 6) is 0. The first-order valence-electron chi connectivity index (χ1n) is 5.31. The molecule has 2 unspecified atom stereocenters. The van der Waals surface area contributed by atoms with Gasteiger partial charge in [-0.1, -0.05) is 0 Å². The molecule has 1 fully saturated rings. The molecule has 2 heterocycles. The molecular weight excluding hydrogens is 208 g/mol. The molecule has 0 amide bonds. The van der Waals surface area contributed by atoms with E-state index in [1.165, 1.54) is 5.56 Å². The summed E-state index contributed by atoms with van der Waals surface area (Å²) < 4.78 is 5.83. The van der Waals surface area contributed by atoms with Gasteiger partial charge in [0.1, 0.15) is 0 Å². The van der Waals surface area contributed by atoms with Crippen LogP contribution >= 0.6 is 11.3 Å². The number of nitrogens with zero attached hydrogens (tertiary/aromatic N) is 1. The van der Waals surface area contributed by atoms with E-state index in [2.05, 4.69) is 34.1 Å². The average Bonchev–Trinajstić information content (AvgIpc) is 2.71. The zero-order valence-corrected chi connectivity index (χ0v) is 10.1. The van der Waals surface area contributed by atoms with E-state index in [1.807, 2.05) is 7.05 Å². The molecule has 2 atom stereocenters. The maximum Gasteiger partial charge on any atom is 0.0896 e. The molecule has 1 aliphatic rings. The van der Waals surface area contributed by atoms with Crippen molar-refractivity contribution < 1.29 is 4.74 Å². The fraction of sp³-hybridized carbons (Fsp3) is 0.636. The Morgan fingerprint density at radius 2 is 2.53 bits per heavy atom. The summed E-state index contributed by atoms with van der Waals surface area (Å²) in [4.78, 5) is 2.38. The first kappa shape index (κ1) is 11.1. The lowest BCUT2D eigenvalue weighted by Crippen LogP contribution is -2.46. The van der Waals surface area contributed by atoms with Crippen molar-refractivity contribution in [3.8, 4) is 0 Å². The van der Waals surface area contributed by atoms with Gasteiger partial charge in [0.05, 0.1) is 18.8 Å². The summed E-state index contributed by atoms with van der Waals surface area (Å²) in [6.07, 6.45) is 0.267. The van der Waals surface area contributed by atoms with E-state index in [4.69, 9.17) is 4.74 Å². The number of likely N-dealkylation sites (N-methyl/N-ethyl adjacent to an activating group) is 2. The number of nitrogens with one attached hydrogen (secondary N) is 1. The number of hydrogen-bond donors (Lipinski definition) is 1. The van der Waals surface area contributed by atoms with Gasteiger partial charge >= 0.3 is 0 Å². The van der Waals surface area contributed by atoms with Crippen LogP contribution in [0.2, 0.25) is 0 Å². The second kappa shape index (κ2) is 5.07. The lowest BCUT2D eigenvalue weighted by molar-refractivity contribution is -0.0605. The van der Waals surface area contributed by atoms with Gasteiger partial charge in [-0.2, -0.15) is 11.3 Å². The van der Waals surface area contributed by atoms with Gasteiger partial charge in [-0.3, -0.25) is 4.90 Å². The summed E-state index contributed by atoms with van der Waals surface area (Å²) in [5.41, 5.74) is 1.38. The average molecular weight is 226 g/mol. The van der Waals surface area contributed by atoms with Gasteiger partial charge in [-0.25, -0.2) is 0 Å². The zero-order valence-electron chi connectivity index (χ0n) is 9.27. The van der Waals surface area contributed by atoms with Crippen molar-refractivity contribution in [3.05, 3.63) is 22.4 Å². The molecule has 1 saturated heterocycles. The van der Waals surface area contributed by atoms with Crippen molar-refractivity contribution in [2.45, 2.75) is 12.1 Å². The number of hydrogen-bond acceptors (Lipinski definition) is 4. The highest BCUT2D eigenvalue weighted by molar-refractivity contribution is 7.07. The Kier molecular flexibility index (Phi) is 3.75. The zero-order chi connectivity index (χ0) is 10.7. The minimum atomic E-state index is 0.267. The monoisotopic (exact) mass is 226 g/mol. The van der Waals surface area contributed by atoms with E-state index in [1.54, 1.807) is 11.3 Å². The van der Waals surface area contributed by atoms with Crippen molar-refractivity contribution in [3.63, 3.8) is 0 Å². The molecule has 1 N–H and O–H groups in total. The van der Waals surface area contributed by atoms with E-state index in [0.717, 1.165) is 19.7 Å². The van der Waals surface area contributed by atoms with Gasteiger partial charge in [0, 0.05) is 13.1 Å². The first-order valence-corrected chi connectivity index (χ1v) is 6.25. The Bertz CT molecular complexity index is 287. The molecule has 0 bridgehead atoms. The maximum absolute atomic E-state index is 5.83. The summed E-state index contributed by atoms with van der Waals surface area (Å²) in [7, 11) is 4.15. The third kappa shape index (κ3) is 2.39. The highest BCUT2D eigenvalue weighted by Gasteiger charge is 2.30. The van der Waals surface area contributed by atoms with Crippen LogP contribution in [0.5, 0.6) is 0 Å². The van der Waals surface area contributed by atoms with Crippen LogP contribution in [0.3, 0.4) is 0 Å². The van der Waals surface area contributed by atoms with Crippen LogP contribution in [0.1, 0.15) is 11.6 Å². The molecule has 84 valence electrons. The Morgan fingerprint density at radius 3 is 3.20 bits per heavy atom. The molecule has 4 heteroatoms. The molecule has 0 radical (unpaired) electrons. The lowest BCUT2D eigenvalue weighted by atomic mass is 10.0. The quantitative estimate of drug-likeness (QED) is 0.842. The van der Waals surface area contributed by atoms with Crippen LogP contribution in [-0.2, 0) is 4.74 Å². The smallest absolute Gasteiger partial charge is 0.0896 e. The Morgan fingerprint density at radius 1 is 1.67 bits per heavy atom. The fourth-order valence-corrected chi connectivity index (χ4v) is 2.84. The second-order valence-corrected chi connectivity index (χ2v) is 4.73. The van der Waals surface area contributed by atoms with Gasteiger partial charge in [0.15, 0.2) is 0 Å². The molecule has 0 spiro atoms. The summed E-state index contributed by atoms with van der Waals surface area (Å²) in [5, 5.41) is 7.56. The van der Waals surface area contributed by atoms with Gasteiger partial charge < -0.3 is 10.1 Å². The van der Waals surface area contributed by atoms with Crippen molar-refractivity contribution in [2.75, 3.05) is 33.8 Å². The van der Waals surface area contributed by atoms with Crippen molar-refractivity contribution in [1.82, 2.24) is 10.2 Å². The van der Waals surface area contributed by atoms with E-state index in [9.17, 15) is 0 Å². The van der Waals surface area contributed by atoms with Gasteiger partial charge in [-0.15, -0.1) is 0 Å². The molecule has 1 aromatic heterocycles. The van der Waals surface area contributed by atoms with Crippen molar-refractivity contribution in [2.24, 2.45) is 0 Å². The number of thiophene rings is 1.